The summed E-state index contributed by atoms with van der Waals surface area (Å²) in [5.41, 5.74) is -0.462. The molecule has 5 heteroatoms. The largest absolute Gasteiger partial charge is 0.417 e. The van der Waals surface area contributed by atoms with E-state index in [0.717, 1.165) is 25.5 Å². The van der Waals surface area contributed by atoms with Crippen LogP contribution in [0.15, 0.2) is 18.2 Å². The first-order valence-corrected chi connectivity index (χ1v) is 6.71. The summed E-state index contributed by atoms with van der Waals surface area (Å²) in [5, 5.41) is 8.94. The van der Waals surface area contributed by atoms with Crippen molar-refractivity contribution in [1.82, 2.24) is 0 Å². The summed E-state index contributed by atoms with van der Waals surface area (Å²) >= 11 is 0. The van der Waals surface area contributed by atoms with E-state index in [0.29, 0.717) is 11.6 Å². The molecule has 2 nitrogen and oxygen atoms in total. The van der Waals surface area contributed by atoms with Crippen molar-refractivity contribution >= 4 is 5.69 Å². The SMILES string of the molecule is CC1CCN(c2ccc(C(F)(F)F)c(C#N)c2)C(C)C1. The molecule has 1 aliphatic rings. The van der Waals surface area contributed by atoms with Gasteiger partial charge in [-0.05, 0) is 43.9 Å². The van der Waals surface area contributed by atoms with E-state index >= 15 is 0 Å². The lowest BCUT2D eigenvalue weighted by atomic mass is 9.92. The quantitative estimate of drug-likeness (QED) is 0.771. The van der Waals surface area contributed by atoms with Gasteiger partial charge in [0.15, 0.2) is 0 Å². The van der Waals surface area contributed by atoms with E-state index in [4.69, 9.17) is 5.26 Å². The highest BCUT2D eigenvalue weighted by molar-refractivity contribution is 5.56. The van der Waals surface area contributed by atoms with E-state index in [1.807, 2.05) is 0 Å². The lowest BCUT2D eigenvalue weighted by molar-refractivity contribution is -0.137. The molecule has 0 bridgehead atoms. The molecule has 1 aromatic carbocycles. The fourth-order valence-electron chi connectivity index (χ4n) is 2.84. The first kappa shape index (κ1) is 14.7. The monoisotopic (exact) mass is 282 g/mol. The van der Waals surface area contributed by atoms with Gasteiger partial charge < -0.3 is 4.90 Å². The molecule has 1 aliphatic heterocycles. The van der Waals surface area contributed by atoms with Crippen LogP contribution >= 0.6 is 0 Å². The maximum atomic E-state index is 12.8. The summed E-state index contributed by atoms with van der Waals surface area (Å²) in [5.74, 6) is 0.631. The standard InChI is InChI=1S/C15H17F3N2/c1-10-5-6-20(11(2)7-10)13-3-4-14(15(16,17)18)12(8-13)9-19/h3-4,8,10-11H,5-7H2,1-2H3. The third-order valence-electron chi connectivity index (χ3n) is 3.90. The van der Waals surface area contributed by atoms with Crippen LogP contribution in [0.5, 0.6) is 0 Å². The Labute approximate surface area is 116 Å². The molecule has 20 heavy (non-hydrogen) atoms. The molecular weight excluding hydrogens is 265 g/mol. The summed E-state index contributed by atoms with van der Waals surface area (Å²) < 4.78 is 38.3. The zero-order valence-electron chi connectivity index (χ0n) is 11.5. The van der Waals surface area contributed by atoms with Crippen molar-refractivity contribution in [2.45, 2.75) is 38.9 Å². The summed E-state index contributed by atoms with van der Waals surface area (Å²) in [6.07, 6.45) is -2.44. The number of hydrogen-bond acceptors (Lipinski definition) is 2. The topological polar surface area (TPSA) is 27.0 Å². The third-order valence-corrected chi connectivity index (χ3v) is 3.90. The van der Waals surface area contributed by atoms with Gasteiger partial charge in [0, 0.05) is 18.3 Å². The van der Waals surface area contributed by atoms with E-state index in [1.54, 1.807) is 6.07 Å². The van der Waals surface area contributed by atoms with E-state index in [-0.39, 0.29) is 11.6 Å². The number of rotatable bonds is 1. The predicted molar refractivity (Wildman–Crippen MR) is 71.4 cm³/mol. The second-order valence-corrected chi connectivity index (χ2v) is 5.51. The molecule has 1 heterocycles. The van der Waals surface area contributed by atoms with Gasteiger partial charge in [-0.1, -0.05) is 6.92 Å². The summed E-state index contributed by atoms with van der Waals surface area (Å²) in [6, 6.07) is 5.78. The highest BCUT2D eigenvalue weighted by Crippen LogP contribution is 2.35. The van der Waals surface area contributed by atoms with Crippen LogP contribution in [-0.4, -0.2) is 12.6 Å². The molecular formula is C15H17F3N2. The number of hydrogen-bond donors (Lipinski definition) is 0. The van der Waals surface area contributed by atoms with E-state index < -0.39 is 11.7 Å². The van der Waals surface area contributed by atoms with E-state index in [9.17, 15) is 13.2 Å². The second kappa shape index (κ2) is 5.35. The molecule has 2 atom stereocenters. The maximum Gasteiger partial charge on any atom is 0.417 e. The van der Waals surface area contributed by atoms with Gasteiger partial charge in [-0.2, -0.15) is 18.4 Å². The molecule has 0 N–H and O–H groups in total. The number of anilines is 1. The molecule has 0 amide bonds. The normalized spacial score (nSPS) is 23.5. The van der Waals surface area contributed by atoms with Gasteiger partial charge in [-0.15, -0.1) is 0 Å². The number of nitrogens with zero attached hydrogens (tertiary/aromatic N) is 2. The van der Waals surface area contributed by atoms with Crippen LogP contribution in [0.2, 0.25) is 0 Å². The fraction of sp³-hybridized carbons (Fsp3) is 0.533. The lowest BCUT2D eigenvalue weighted by Gasteiger charge is -2.38. The smallest absolute Gasteiger partial charge is 0.369 e. The van der Waals surface area contributed by atoms with E-state index in [2.05, 4.69) is 18.7 Å². The Bertz CT molecular complexity index is 531. The van der Waals surface area contributed by atoms with Gasteiger partial charge in [-0.25, -0.2) is 0 Å². The number of alkyl halides is 3. The minimum Gasteiger partial charge on any atom is -0.369 e. The molecule has 1 saturated heterocycles. The van der Waals surface area contributed by atoms with Gasteiger partial charge >= 0.3 is 6.18 Å². The van der Waals surface area contributed by atoms with Gasteiger partial charge in [0.25, 0.3) is 0 Å². The van der Waals surface area contributed by atoms with Crippen LogP contribution in [0.3, 0.4) is 0 Å². The first-order valence-electron chi connectivity index (χ1n) is 6.71. The second-order valence-electron chi connectivity index (χ2n) is 5.51. The van der Waals surface area contributed by atoms with Crippen LogP contribution in [0.25, 0.3) is 0 Å². The zero-order valence-corrected chi connectivity index (χ0v) is 11.5. The molecule has 0 saturated carbocycles. The van der Waals surface area contributed by atoms with Crippen LogP contribution in [-0.2, 0) is 6.18 Å². The highest BCUT2D eigenvalue weighted by Gasteiger charge is 2.34. The minimum atomic E-state index is -4.48. The minimum absolute atomic E-state index is 0.280. The Hall–Kier alpha value is -1.70. The third kappa shape index (κ3) is 2.90. The van der Waals surface area contributed by atoms with Crippen molar-refractivity contribution in [2.24, 2.45) is 5.92 Å². The molecule has 0 aromatic heterocycles. The van der Waals surface area contributed by atoms with Crippen LogP contribution in [0.1, 0.15) is 37.8 Å². The molecule has 0 radical (unpaired) electrons. The lowest BCUT2D eigenvalue weighted by Crippen LogP contribution is -2.40. The molecule has 0 spiro atoms. The number of piperidine rings is 1. The summed E-state index contributed by atoms with van der Waals surface area (Å²) in [7, 11) is 0. The first-order chi connectivity index (χ1) is 9.32. The zero-order chi connectivity index (χ0) is 14.9. The van der Waals surface area contributed by atoms with Crippen molar-refractivity contribution in [2.75, 3.05) is 11.4 Å². The molecule has 1 aromatic rings. The summed E-state index contributed by atoms with van der Waals surface area (Å²) in [4.78, 5) is 2.08. The fourth-order valence-corrected chi connectivity index (χ4v) is 2.84. The highest BCUT2D eigenvalue weighted by atomic mass is 19.4. The molecule has 108 valence electrons. The Morgan fingerprint density at radius 2 is 2.00 bits per heavy atom. The van der Waals surface area contributed by atoms with Crippen molar-refractivity contribution in [3.05, 3.63) is 29.3 Å². The van der Waals surface area contributed by atoms with Gasteiger partial charge in [-0.3, -0.25) is 0 Å². The average Bonchev–Trinajstić information content (AvgIpc) is 2.37. The number of halogens is 3. The molecule has 1 fully saturated rings. The Morgan fingerprint density at radius 3 is 2.55 bits per heavy atom. The van der Waals surface area contributed by atoms with Crippen molar-refractivity contribution in [3.63, 3.8) is 0 Å². The predicted octanol–water partition coefficient (Wildman–Crippen LogP) is 4.20. The molecule has 0 aliphatic carbocycles. The maximum absolute atomic E-state index is 12.8. The van der Waals surface area contributed by atoms with Gasteiger partial charge in [0.1, 0.15) is 0 Å². The molecule has 2 unspecified atom stereocenters. The van der Waals surface area contributed by atoms with Crippen molar-refractivity contribution < 1.29 is 13.2 Å². The van der Waals surface area contributed by atoms with Crippen LogP contribution < -0.4 is 4.90 Å². The molecule has 2 rings (SSSR count). The average molecular weight is 282 g/mol. The van der Waals surface area contributed by atoms with Gasteiger partial charge in [0.2, 0.25) is 0 Å². The van der Waals surface area contributed by atoms with Crippen molar-refractivity contribution in [3.8, 4) is 6.07 Å². The Balaban J connectivity index is 2.33. The van der Waals surface area contributed by atoms with Crippen molar-refractivity contribution in [1.29, 1.82) is 5.26 Å². The Morgan fingerprint density at radius 1 is 1.30 bits per heavy atom. The summed E-state index contributed by atoms with van der Waals surface area (Å²) in [6.45, 7) is 5.07. The van der Waals surface area contributed by atoms with Crippen LogP contribution in [0, 0.1) is 17.2 Å². The number of nitriles is 1. The number of benzene rings is 1. The van der Waals surface area contributed by atoms with Gasteiger partial charge in [0.05, 0.1) is 17.2 Å². The van der Waals surface area contributed by atoms with Crippen LogP contribution in [0.4, 0.5) is 18.9 Å². The van der Waals surface area contributed by atoms with E-state index in [1.165, 1.54) is 12.1 Å². The Kier molecular flexibility index (Phi) is 3.94.